The third-order valence-corrected chi connectivity index (χ3v) is 2.95. The van der Waals surface area contributed by atoms with Crippen LogP contribution in [0.15, 0.2) is 27.8 Å². The van der Waals surface area contributed by atoms with E-state index in [0.717, 1.165) is 6.07 Å². The number of nitrogens with zero attached hydrogens (tertiary/aromatic N) is 1. The molecule has 0 radical (unpaired) electrons. The number of benzene rings is 1. The second-order valence-corrected chi connectivity index (χ2v) is 5.08. The normalized spacial score (nSPS) is 13.8. The molecule has 0 aliphatic rings. The van der Waals surface area contributed by atoms with Gasteiger partial charge in [0.25, 0.3) is 0 Å². The quantitative estimate of drug-likeness (QED) is 0.499. The van der Waals surface area contributed by atoms with Gasteiger partial charge < -0.3 is 10.9 Å². The van der Waals surface area contributed by atoms with E-state index in [1.165, 1.54) is 26.0 Å². The van der Waals surface area contributed by atoms with Crippen molar-refractivity contribution in [3.8, 4) is 0 Å². The van der Waals surface area contributed by atoms with Crippen LogP contribution in [0, 0.1) is 0 Å². The number of hydrogen-bond donors (Lipinski definition) is 2. The summed E-state index contributed by atoms with van der Waals surface area (Å²) in [6.07, 6.45) is -4.49. The molecule has 7 heteroatoms. The van der Waals surface area contributed by atoms with E-state index < -0.39 is 17.3 Å². The van der Waals surface area contributed by atoms with Gasteiger partial charge in [-0.1, -0.05) is 22.0 Å². The van der Waals surface area contributed by atoms with Crippen molar-refractivity contribution in [1.29, 1.82) is 0 Å². The molecule has 3 N–H and O–H groups in total. The van der Waals surface area contributed by atoms with E-state index in [9.17, 15) is 18.3 Å². The molecule has 1 rings (SSSR count). The fraction of sp³-hybridized carbons (Fsp3) is 0.364. The first kappa shape index (κ1) is 15.0. The number of alkyl halides is 3. The molecule has 0 heterocycles. The zero-order chi connectivity index (χ0) is 14.1. The third kappa shape index (κ3) is 3.23. The van der Waals surface area contributed by atoms with Crippen molar-refractivity contribution in [2.24, 2.45) is 10.9 Å². The fourth-order valence-corrected chi connectivity index (χ4v) is 1.95. The number of halogens is 4. The van der Waals surface area contributed by atoms with Crippen LogP contribution < -0.4 is 5.84 Å². The zero-order valence-electron chi connectivity index (χ0n) is 9.72. The number of nitrogens with two attached hydrogens (primary N) is 1. The molecule has 0 atom stereocenters. The summed E-state index contributed by atoms with van der Waals surface area (Å²) >= 11 is 2.83. The lowest BCUT2D eigenvalue weighted by molar-refractivity contribution is -0.138. The van der Waals surface area contributed by atoms with Crippen molar-refractivity contribution in [2.75, 3.05) is 0 Å². The first-order valence-corrected chi connectivity index (χ1v) is 5.74. The third-order valence-electron chi connectivity index (χ3n) is 2.25. The van der Waals surface area contributed by atoms with Crippen molar-refractivity contribution >= 4 is 21.6 Å². The van der Waals surface area contributed by atoms with Crippen LogP contribution in [-0.4, -0.2) is 16.4 Å². The SMILES string of the molecule is CC(C)(O)C(=NN)c1ccc(Br)c(C(F)(F)F)c1. The summed E-state index contributed by atoms with van der Waals surface area (Å²) in [6.45, 7) is 2.79. The van der Waals surface area contributed by atoms with Gasteiger partial charge in [-0.3, -0.25) is 0 Å². The molecule has 0 saturated carbocycles. The molecule has 100 valence electrons. The van der Waals surface area contributed by atoms with Crippen molar-refractivity contribution in [2.45, 2.75) is 25.6 Å². The largest absolute Gasteiger partial charge is 0.417 e. The molecule has 0 bridgehead atoms. The van der Waals surface area contributed by atoms with Gasteiger partial charge >= 0.3 is 6.18 Å². The molecule has 0 spiro atoms. The predicted molar refractivity (Wildman–Crippen MR) is 66.2 cm³/mol. The molecular weight excluding hydrogens is 313 g/mol. The van der Waals surface area contributed by atoms with Gasteiger partial charge in [0.15, 0.2) is 0 Å². The maximum absolute atomic E-state index is 12.7. The predicted octanol–water partition coefficient (Wildman–Crippen LogP) is 2.90. The van der Waals surface area contributed by atoms with Gasteiger partial charge in [-0.15, -0.1) is 0 Å². The average Bonchev–Trinajstić information content (AvgIpc) is 2.17. The van der Waals surface area contributed by atoms with E-state index in [4.69, 9.17) is 5.84 Å². The van der Waals surface area contributed by atoms with Crippen LogP contribution in [0.25, 0.3) is 0 Å². The van der Waals surface area contributed by atoms with Gasteiger partial charge in [-0.2, -0.15) is 18.3 Å². The summed E-state index contributed by atoms with van der Waals surface area (Å²) in [4.78, 5) is 0. The molecule has 18 heavy (non-hydrogen) atoms. The standard InChI is InChI=1S/C11H12BrF3N2O/c1-10(2,18)9(17-16)6-3-4-8(12)7(5-6)11(13,14)15/h3-5,18H,16H2,1-2H3. The van der Waals surface area contributed by atoms with Crippen LogP contribution >= 0.6 is 15.9 Å². The molecule has 0 aliphatic carbocycles. The molecule has 0 aliphatic heterocycles. The van der Waals surface area contributed by atoms with Gasteiger partial charge in [0.2, 0.25) is 0 Å². The van der Waals surface area contributed by atoms with E-state index >= 15 is 0 Å². The maximum Gasteiger partial charge on any atom is 0.417 e. The minimum absolute atomic E-state index is 0.0134. The highest BCUT2D eigenvalue weighted by molar-refractivity contribution is 9.10. The Balaban J connectivity index is 3.38. The molecule has 3 nitrogen and oxygen atoms in total. The molecule has 0 fully saturated rings. The number of aliphatic hydroxyl groups is 1. The van der Waals surface area contributed by atoms with Crippen molar-refractivity contribution in [3.63, 3.8) is 0 Å². The van der Waals surface area contributed by atoms with E-state index in [-0.39, 0.29) is 15.7 Å². The van der Waals surface area contributed by atoms with E-state index in [1.54, 1.807) is 0 Å². The highest BCUT2D eigenvalue weighted by Gasteiger charge is 2.34. The molecule has 1 aromatic carbocycles. The lowest BCUT2D eigenvalue weighted by atomic mass is 9.94. The minimum atomic E-state index is -4.49. The topological polar surface area (TPSA) is 58.6 Å². The van der Waals surface area contributed by atoms with Gasteiger partial charge in [-0.25, -0.2) is 0 Å². The summed E-state index contributed by atoms with van der Waals surface area (Å²) < 4.78 is 38.1. The summed E-state index contributed by atoms with van der Waals surface area (Å²) in [5.74, 6) is 5.12. The Morgan fingerprint density at radius 3 is 2.28 bits per heavy atom. The van der Waals surface area contributed by atoms with Crippen molar-refractivity contribution in [1.82, 2.24) is 0 Å². The smallest absolute Gasteiger partial charge is 0.384 e. The zero-order valence-corrected chi connectivity index (χ0v) is 11.3. The molecule has 1 aromatic rings. The number of hydrogen-bond acceptors (Lipinski definition) is 3. The van der Waals surface area contributed by atoms with E-state index in [0.29, 0.717) is 0 Å². The molecule has 0 unspecified atom stereocenters. The lowest BCUT2D eigenvalue weighted by Crippen LogP contribution is -2.33. The first-order valence-electron chi connectivity index (χ1n) is 4.95. The second kappa shape index (κ2) is 4.89. The Bertz CT molecular complexity index is 478. The van der Waals surface area contributed by atoms with Crippen LogP contribution in [-0.2, 0) is 6.18 Å². The Kier molecular flexibility index (Phi) is 4.07. The maximum atomic E-state index is 12.7. The number of hydrazone groups is 1. The van der Waals surface area contributed by atoms with E-state index in [2.05, 4.69) is 21.0 Å². The second-order valence-electron chi connectivity index (χ2n) is 4.23. The van der Waals surface area contributed by atoms with Crippen molar-refractivity contribution in [3.05, 3.63) is 33.8 Å². The van der Waals surface area contributed by atoms with Gasteiger partial charge in [-0.05, 0) is 26.0 Å². The fourth-order valence-electron chi connectivity index (χ4n) is 1.48. The summed E-state index contributed by atoms with van der Waals surface area (Å²) in [5, 5.41) is 13.2. The summed E-state index contributed by atoms with van der Waals surface area (Å²) in [6, 6.07) is 3.55. The Labute approximate surface area is 111 Å². The average molecular weight is 325 g/mol. The van der Waals surface area contributed by atoms with Gasteiger partial charge in [0.05, 0.1) is 11.3 Å². The van der Waals surface area contributed by atoms with Gasteiger partial charge in [0, 0.05) is 10.0 Å². The van der Waals surface area contributed by atoms with Crippen LogP contribution in [0.4, 0.5) is 13.2 Å². The molecule has 0 amide bonds. The number of rotatable bonds is 2. The van der Waals surface area contributed by atoms with Crippen molar-refractivity contribution < 1.29 is 18.3 Å². The van der Waals surface area contributed by atoms with Crippen LogP contribution in [0.1, 0.15) is 25.0 Å². The highest BCUT2D eigenvalue weighted by Crippen LogP contribution is 2.35. The monoisotopic (exact) mass is 324 g/mol. The lowest BCUT2D eigenvalue weighted by Gasteiger charge is -2.20. The molecule has 0 saturated heterocycles. The van der Waals surface area contributed by atoms with Crippen LogP contribution in [0.5, 0.6) is 0 Å². The molecule has 0 aromatic heterocycles. The van der Waals surface area contributed by atoms with Crippen LogP contribution in [0.3, 0.4) is 0 Å². The van der Waals surface area contributed by atoms with E-state index in [1.807, 2.05) is 0 Å². The molecular formula is C11H12BrF3N2O. The Morgan fingerprint density at radius 2 is 1.89 bits per heavy atom. The summed E-state index contributed by atoms with van der Waals surface area (Å²) in [5.41, 5.74) is -2.16. The van der Waals surface area contributed by atoms with Gasteiger partial charge in [0.1, 0.15) is 5.60 Å². The highest BCUT2D eigenvalue weighted by atomic mass is 79.9. The Hall–Kier alpha value is -1.08. The summed E-state index contributed by atoms with van der Waals surface area (Å²) in [7, 11) is 0. The first-order chi connectivity index (χ1) is 8.07. The minimum Gasteiger partial charge on any atom is -0.384 e. The Morgan fingerprint density at radius 1 is 1.33 bits per heavy atom. The van der Waals surface area contributed by atoms with Crippen LogP contribution in [0.2, 0.25) is 0 Å².